The van der Waals surface area contributed by atoms with Crippen LogP contribution < -0.4 is 0 Å². The lowest BCUT2D eigenvalue weighted by atomic mass is 9.82. The summed E-state index contributed by atoms with van der Waals surface area (Å²) >= 11 is 0. The molecule has 2 rings (SSSR count). The molecule has 1 nitrogen and oxygen atoms in total. The summed E-state index contributed by atoms with van der Waals surface area (Å²) in [6, 6.07) is 0. The number of carbonyl (C=O) groups excluding carboxylic acids is 1. The number of ketones is 1. The van der Waals surface area contributed by atoms with Crippen molar-refractivity contribution in [1.29, 1.82) is 0 Å². The molecule has 0 saturated heterocycles. The second-order valence-electron chi connectivity index (χ2n) is 3.47. The Hall–Kier alpha value is -1.63. The molecule has 2 aliphatic rings. The van der Waals surface area contributed by atoms with Crippen molar-refractivity contribution >= 4 is 5.78 Å². The smallest absolute Gasteiger partial charge is 0.184 e. The zero-order valence-corrected chi connectivity index (χ0v) is 7.89. The number of carbonyl (C=O) groups is 1. The number of allylic oxidation sites excluding steroid dienone is 9. The molecule has 0 saturated carbocycles. The van der Waals surface area contributed by atoms with E-state index in [9.17, 15) is 4.79 Å². The van der Waals surface area contributed by atoms with Crippen LogP contribution in [0.3, 0.4) is 0 Å². The molecule has 70 valence electrons. The highest BCUT2D eigenvalue weighted by Crippen LogP contribution is 2.28. The Morgan fingerprint density at radius 3 is 2.64 bits per heavy atom. The van der Waals surface area contributed by atoms with Gasteiger partial charge in [-0.1, -0.05) is 49.1 Å². The molecule has 1 heteroatoms. The van der Waals surface area contributed by atoms with Gasteiger partial charge in [-0.25, -0.2) is 0 Å². The second kappa shape index (κ2) is 3.62. The molecular formula is C13H12O. The van der Waals surface area contributed by atoms with Gasteiger partial charge >= 0.3 is 0 Å². The Labute approximate surface area is 83.8 Å². The fourth-order valence-electron chi connectivity index (χ4n) is 1.76. The Morgan fingerprint density at radius 1 is 1.21 bits per heavy atom. The van der Waals surface area contributed by atoms with Crippen molar-refractivity contribution in [1.82, 2.24) is 0 Å². The molecule has 0 aromatic heterocycles. The van der Waals surface area contributed by atoms with Crippen molar-refractivity contribution in [3.63, 3.8) is 0 Å². The van der Waals surface area contributed by atoms with Gasteiger partial charge in [0.1, 0.15) is 0 Å². The predicted molar refractivity (Wildman–Crippen MR) is 57.7 cm³/mol. The summed E-state index contributed by atoms with van der Waals surface area (Å²) in [5.41, 5.74) is 0.751. The summed E-state index contributed by atoms with van der Waals surface area (Å²) in [5.74, 6) is 0.757. The Balaban J connectivity index is 2.26. The first-order valence-corrected chi connectivity index (χ1v) is 4.73. The molecule has 0 heterocycles. The minimum Gasteiger partial charge on any atom is -0.289 e. The van der Waals surface area contributed by atoms with Crippen molar-refractivity contribution < 1.29 is 4.79 Å². The van der Waals surface area contributed by atoms with E-state index in [2.05, 4.69) is 24.8 Å². The van der Waals surface area contributed by atoms with Crippen LogP contribution in [0.15, 0.2) is 60.8 Å². The van der Waals surface area contributed by atoms with E-state index in [1.807, 2.05) is 24.3 Å². The van der Waals surface area contributed by atoms with E-state index in [0.717, 1.165) is 5.57 Å². The summed E-state index contributed by atoms with van der Waals surface area (Å²) in [6.45, 7) is 3.48. The van der Waals surface area contributed by atoms with Crippen molar-refractivity contribution in [3.05, 3.63) is 60.8 Å². The predicted octanol–water partition coefficient (Wildman–Crippen LogP) is 2.60. The molecule has 2 unspecified atom stereocenters. The second-order valence-corrected chi connectivity index (χ2v) is 3.47. The van der Waals surface area contributed by atoms with Crippen LogP contribution in [-0.4, -0.2) is 5.78 Å². The number of fused-ring (bicyclic) bond motifs is 1. The molecule has 0 bridgehead atoms. The first-order chi connectivity index (χ1) is 6.81. The van der Waals surface area contributed by atoms with Gasteiger partial charge in [0, 0.05) is 17.4 Å². The molecule has 0 aromatic carbocycles. The zero-order chi connectivity index (χ0) is 9.97. The quantitative estimate of drug-likeness (QED) is 0.603. The minimum absolute atomic E-state index is 0.00246. The van der Waals surface area contributed by atoms with E-state index in [1.165, 1.54) is 6.08 Å². The third kappa shape index (κ3) is 1.53. The van der Waals surface area contributed by atoms with Crippen LogP contribution in [0.2, 0.25) is 0 Å². The van der Waals surface area contributed by atoms with Crippen molar-refractivity contribution in [2.75, 3.05) is 0 Å². The minimum atomic E-state index is 0.00246. The third-order valence-electron chi connectivity index (χ3n) is 2.56. The number of hydrogen-bond acceptors (Lipinski definition) is 1. The maximum atomic E-state index is 11.4. The van der Waals surface area contributed by atoms with E-state index in [1.54, 1.807) is 0 Å². The summed E-state index contributed by atoms with van der Waals surface area (Å²) in [4.78, 5) is 11.4. The lowest BCUT2D eigenvalue weighted by Gasteiger charge is -2.22. The molecule has 0 spiro atoms. The van der Waals surface area contributed by atoms with Crippen LogP contribution >= 0.6 is 0 Å². The van der Waals surface area contributed by atoms with E-state index in [0.29, 0.717) is 11.8 Å². The van der Waals surface area contributed by atoms with Gasteiger partial charge in [0.2, 0.25) is 0 Å². The number of rotatable bonds is 2. The van der Waals surface area contributed by atoms with Crippen LogP contribution in [0.1, 0.15) is 0 Å². The van der Waals surface area contributed by atoms with Crippen LogP contribution in [0.4, 0.5) is 0 Å². The fraction of sp³-hybridized carbons (Fsp3) is 0.154. The summed E-state index contributed by atoms with van der Waals surface area (Å²) in [7, 11) is 0. The van der Waals surface area contributed by atoms with Crippen LogP contribution in [0, 0.1) is 11.8 Å². The van der Waals surface area contributed by atoms with Crippen molar-refractivity contribution in [2.24, 2.45) is 11.8 Å². The average Bonchev–Trinajstić information content (AvgIpc) is 2.27. The van der Waals surface area contributed by atoms with Gasteiger partial charge in [0.15, 0.2) is 5.78 Å². The number of hydrogen-bond donors (Lipinski definition) is 0. The summed E-state index contributed by atoms with van der Waals surface area (Å²) in [5, 5.41) is 0. The molecule has 2 aliphatic carbocycles. The maximum Gasteiger partial charge on any atom is 0.184 e. The highest BCUT2D eigenvalue weighted by Gasteiger charge is 2.19. The van der Waals surface area contributed by atoms with Gasteiger partial charge in [-0.05, 0) is 6.08 Å². The maximum absolute atomic E-state index is 11.4. The fourth-order valence-corrected chi connectivity index (χ4v) is 1.76. The van der Waals surface area contributed by atoms with Gasteiger partial charge in [0.25, 0.3) is 0 Å². The Morgan fingerprint density at radius 2 is 1.93 bits per heavy atom. The van der Waals surface area contributed by atoms with E-state index >= 15 is 0 Å². The Bertz CT molecular complexity index is 380. The van der Waals surface area contributed by atoms with E-state index < -0.39 is 0 Å². The highest BCUT2D eigenvalue weighted by atomic mass is 16.1. The topological polar surface area (TPSA) is 17.1 Å². The SMILES string of the molecule is C=CC(=O)C1=CC2C=CC=CC2C=C1. The average molecular weight is 184 g/mol. The molecule has 0 aliphatic heterocycles. The lowest BCUT2D eigenvalue weighted by molar-refractivity contribution is -0.111. The first-order valence-electron chi connectivity index (χ1n) is 4.73. The highest BCUT2D eigenvalue weighted by molar-refractivity contribution is 6.05. The summed E-state index contributed by atoms with van der Waals surface area (Å²) < 4.78 is 0. The van der Waals surface area contributed by atoms with Crippen LogP contribution in [0.25, 0.3) is 0 Å². The largest absolute Gasteiger partial charge is 0.289 e. The first kappa shape index (κ1) is 8.95. The molecule has 0 radical (unpaired) electrons. The monoisotopic (exact) mass is 184 g/mol. The Kier molecular flexibility index (Phi) is 2.32. The molecule has 2 atom stereocenters. The molecule has 14 heavy (non-hydrogen) atoms. The van der Waals surface area contributed by atoms with Crippen LogP contribution in [-0.2, 0) is 4.79 Å². The summed E-state index contributed by atoms with van der Waals surface area (Å²) in [6.07, 6.45) is 15.6. The van der Waals surface area contributed by atoms with Crippen LogP contribution in [0.5, 0.6) is 0 Å². The molecule has 0 amide bonds. The third-order valence-corrected chi connectivity index (χ3v) is 2.56. The van der Waals surface area contributed by atoms with Gasteiger partial charge in [-0.3, -0.25) is 4.79 Å². The van der Waals surface area contributed by atoms with Gasteiger partial charge < -0.3 is 0 Å². The molecule has 0 fully saturated rings. The van der Waals surface area contributed by atoms with Gasteiger partial charge in [-0.2, -0.15) is 0 Å². The van der Waals surface area contributed by atoms with E-state index in [-0.39, 0.29) is 5.78 Å². The molecule has 0 aromatic rings. The van der Waals surface area contributed by atoms with Gasteiger partial charge in [0.05, 0.1) is 0 Å². The molecular weight excluding hydrogens is 172 g/mol. The van der Waals surface area contributed by atoms with Crippen molar-refractivity contribution in [3.8, 4) is 0 Å². The standard InChI is InChI=1S/C13H12O/c1-2-13(14)12-8-7-10-5-3-4-6-11(10)9-12/h2-11H,1H2. The molecule has 0 N–H and O–H groups in total. The normalized spacial score (nSPS) is 28.1. The lowest BCUT2D eigenvalue weighted by Crippen LogP contribution is -2.13. The van der Waals surface area contributed by atoms with Gasteiger partial charge in [-0.15, -0.1) is 0 Å². The van der Waals surface area contributed by atoms with Crippen molar-refractivity contribution in [2.45, 2.75) is 0 Å². The zero-order valence-electron chi connectivity index (χ0n) is 7.89. The van der Waals surface area contributed by atoms with E-state index in [4.69, 9.17) is 0 Å².